The van der Waals surface area contributed by atoms with E-state index in [1.807, 2.05) is 0 Å². The Balaban J connectivity index is 2.77. The van der Waals surface area contributed by atoms with E-state index in [1.165, 1.54) is 12.1 Å². The summed E-state index contributed by atoms with van der Waals surface area (Å²) in [5, 5.41) is -0.114. The first-order valence-electron chi connectivity index (χ1n) is 5.90. The number of hydrogen-bond acceptors (Lipinski definition) is 5. The Bertz CT molecular complexity index is 713. The summed E-state index contributed by atoms with van der Waals surface area (Å²) in [7, 11) is -3.47. The first kappa shape index (κ1) is 18.6. The van der Waals surface area contributed by atoms with Crippen LogP contribution in [0.1, 0.15) is 13.3 Å². The van der Waals surface area contributed by atoms with Crippen LogP contribution in [0.15, 0.2) is 34.1 Å². The van der Waals surface area contributed by atoms with Crippen molar-refractivity contribution in [3.8, 4) is 0 Å². The van der Waals surface area contributed by atoms with Crippen LogP contribution in [0.5, 0.6) is 0 Å². The summed E-state index contributed by atoms with van der Waals surface area (Å²) < 4.78 is 59.6. The van der Waals surface area contributed by atoms with Crippen LogP contribution in [0.3, 0.4) is 0 Å². The molecule has 21 heavy (non-hydrogen) atoms. The number of hydrogen-bond donors (Lipinski definition) is 1. The molecule has 2 unspecified atom stereocenters. The van der Waals surface area contributed by atoms with E-state index in [0.29, 0.717) is 6.42 Å². The molecule has 1 rings (SSSR count). The molecule has 1 aromatic carbocycles. The summed E-state index contributed by atoms with van der Waals surface area (Å²) in [4.78, 5) is -0.227. The second kappa shape index (κ2) is 7.19. The third-order valence-corrected chi connectivity index (χ3v) is 7.04. The molecule has 0 saturated heterocycles. The zero-order chi connectivity index (χ0) is 16.3. The monoisotopic (exact) mass is 373 g/mol. The largest absolute Gasteiger partial charge is 0.261 e. The molecule has 120 valence electrons. The highest BCUT2D eigenvalue weighted by Gasteiger charge is 2.16. The topological polar surface area (TPSA) is 97.4 Å². The van der Waals surface area contributed by atoms with Crippen LogP contribution >= 0.6 is 10.7 Å². The van der Waals surface area contributed by atoms with E-state index in [2.05, 4.69) is 4.72 Å². The number of rotatable bonds is 7. The standard InChI is InChI=1S/C11H16ClNO5S3/c1-9(19(2)14)7-8-13-21(17,18)11-5-3-10(4-6-11)20(12,15)16/h3-6,9,13H,7-8H2,1-2H3. The molecule has 0 heterocycles. The molecule has 0 aliphatic heterocycles. The van der Waals surface area contributed by atoms with E-state index < -0.39 is 29.9 Å². The van der Waals surface area contributed by atoms with Gasteiger partial charge in [-0.25, -0.2) is 21.6 Å². The minimum Gasteiger partial charge on any atom is -0.260 e. The van der Waals surface area contributed by atoms with Gasteiger partial charge in [-0.3, -0.25) is 4.21 Å². The number of nitrogens with one attached hydrogen (secondary N) is 1. The molecule has 1 aromatic rings. The van der Waals surface area contributed by atoms with Crippen molar-refractivity contribution in [2.45, 2.75) is 28.4 Å². The molecule has 10 heteroatoms. The van der Waals surface area contributed by atoms with Gasteiger partial charge in [0.15, 0.2) is 0 Å². The van der Waals surface area contributed by atoms with Crippen molar-refractivity contribution in [3.05, 3.63) is 24.3 Å². The lowest BCUT2D eigenvalue weighted by Gasteiger charge is -2.10. The molecule has 0 aliphatic rings. The summed E-state index contributed by atoms with van der Waals surface area (Å²) >= 11 is 0. The maximum absolute atomic E-state index is 12.0. The van der Waals surface area contributed by atoms with Crippen molar-refractivity contribution in [1.82, 2.24) is 4.72 Å². The third-order valence-electron chi connectivity index (χ3n) is 2.83. The van der Waals surface area contributed by atoms with Crippen molar-refractivity contribution < 1.29 is 21.0 Å². The van der Waals surface area contributed by atoms with Gasteiger partial charge < -0.3 is 0 Å². The fourth-order valence-electron chi connectivity index (χ4n) is 1.43. The molecule has 0 saturated carbocycles. The average molecular weight is 374 g/mol. The van der Waals surface area contributed by atoms with Crippen LogP contribution in [0, 0.1) is 0 Å². The summed E-state index contributed by atoms with van der Waals surface area (Å²) in [5.74, 6) is 0. The minimum absolute atomic E-state index is 0.0585. The fraction of sp³-hybridized carbons (Fsp3) is 0.455. The highest BCUT2D eigenvalue weighted by Crippen LogP contribution is 2.17. The minimum atomic E-state index is -3.88. The molecule has 0 radical (unpaired) electrons. The van der Waals surface area contributed by atoms with Crippen LogP contribution in [0.25, 0.3) is 0 Å². The van der Waals surface area contributed by atoms with E-state index in [1.54, 1.807) is 13.2 Å². The predicted octanol–water partition coefficient (Wildman–Crippen LogP) is 1.05. The summed E-state index contributed by atoms with van der Waals surface area (Å²) in [5.41, 5.74) is 0. The van der Waals surface area contributed by atoms with Crippen molar-refractivity contribution in [2.75, 3.05) is 12.8 Å². The van der Waals surface area contributed by atoms with Crippen LogP contribution in [-0.4, -0.2) is 39.1 Å². The second-order valence-electron chi connectivity index (χ2n) is 4.40. The number of halogens is 1. The van der Waals surface area contributed by atoms with Crippen LogP contribution in [0.2, 0.25) is 0 Å². The zero-order valence-electron chi connectivity index (χ0n) is 11.4. The predicted molar refractivity (Wildman–Crippen MR) is 82.8 cm³/mol. The van der Waals surface area contributed by atoms with Crippen molar-refractivity contribution in [3.63, 3.8) is 0 Å². The van der Waals surface area contributed by atoms with Gasteiger partial charge in [0.2, 0.25) is 10.0 Å². The van der Waals surface area contributed by atoms with Crippen molar-refractivity contribution in [2.24, 2.45) is 0 Å². The first-order chi connectivity index (χ1) is 9.54. The Labute approximate surface area is 131 Å². The molecule has 1 N–H and O–H groups in total. The molecule has 0 spiro atoms. The average Bonchev–Trinajstić information content (AvgIpc) is 2.37. The summed E-state index contributed by atoms with van der Waals surface area (Å²) in [6.07, 6.45) is 2.00. The van der Waals surface area contributed by atoms with E-state index in [-0.39, 0.29) is 21.6 Å². The van der Waals surface area contributed by atoms with Gasteiger partial charge in [0.25, 0.3) is 9.05 Å². The Morgan fingerprint density at radius 1 is 1.14 bits per heavy atom. The normalized spacial score (nSPS) is 15.6. The SMILES string of the molecule is CC(CCNS(=O)(=O)c1ccc(S(=O)(=O)Cl)cc1)S(C)=O. The molecule has 0 fully saturated rings. The molecule has 0 aromatic heterocycles. The van der Waals surface area contributed by atoms with E-state index in [9.17, 15) is 21.0 Å². The third kappa shape index (κ3) is 5.67. The van der Waals surface area contributed by atoms with Crippen molar-refractivity contribution >= 4 is 40.6 Å². The molecular formula is C11H16ClNO5S3. The summed E-state index contributed by atoms with van der Waals surface area (Å²) in [6, 6.07) is 4.58. The van der Waals surface area contributed by atoms with E-state index in [4.69, 9.17) is 10.7 Å². The Morgan fingerprint density at radius 2 is 1.62 bits per heavy atom. The van der Waals surface area contributed by atoms with E-state index >= 15 is 0 Å². The molecule has 0 amide bonds. The molecule has 0 aliphatic carbocycles. The van der Waals surface area contributed by atoms with Gasteiger partial charge in [-0.2, -0.15) is 0 Å². The molecular weight excluding hydrogens is 358 g/mol. The fourth-order valence-corrected chi connectivity index (χ4v) is 3.69. The Kier molecular flexibility index (Phi) is 6.36. The van der Waals surface area contributed by atoms with Crippen molar-refractivity contribution in [1.29, 1.82) is 0 Å². The lowest BCUT2D eigenvalue weighted by atomic mass is 10.3. The molecule has 0 bridgehead atoms. The molecule has 2 atom stereocenters. The zero-order valence-corrected chi connectivity index (χ0v) is 14.7. The summed E-state index contributed by atoms with van der Waals surface area (Å²) in [6.45, 7) is 1.92. The number of benzene rings is 1. The van der Waals surface area contributed by atoms with E-state index in [0.717, 1.165) is 12.1 Å². The van der Waals surface area contributed by atoms with Crippen LogP contribution in [0.4, 0.5) is 0 Å². The van der Waals surface area contributed by atoms with Gasteiger partial charge in [0, 0.05) is 39.5 Å². The van der Waals surface area contributed by atoms with Gasteiger partial charge >= 0.3 is 0 Å². The lowest BCUT2D eigenvalue weighted by Crippen LogP contribution is -2.27. The Morgan fingerprint density at radius 3 is 2.05 bits per heavy atom. The highest BCUT2D eigenvalue weighted by molar-refractivity contribution is 8.13. The highest BCUT2D eigenvalue weighted by atomic mass is 35.7. The maximum atomic E-state index is 12.0. The van der Waals surface area contributed by atoms with Crippen LogP contribution < -0.4 is 4.72 Å². The van der Waals surface area contributed by atoms with Gasteiger partial charge in [-0.15, -0.1) is 0 Å². The van der Waals surface area contributed by atoms with Crippen LogP contribution in [-0.2, 0) is 29.9 Å². The smallest absolute Gasteiger partial charge is 0.260 e. The van der Waals surface area contributed by atoms with Gasteiger partial charge in [-0.05, 0) is 30.7 Å². The quantitative estimate of drug-likeness (QED) is 0.720. The second-order valence-corrected chi connectivity index (χ2v) is 10.5. The molecule has 6 nitrogen and oxygen atoms in total. The van der Waals surface area contributed by atoms with Gasteiger partial charge in [0.1, 0.15) is 0 Å². The Hall–Kier alpha value is -0.480. The van der Waals surface area contributed by atoms with Gasteiger partial charge in [-0.1, -0.05) is 6.92 Å². The lowest BCUT2D eigenvalue weighted by molar-refractivity contribution is 0.577. The van der Waals surface area contributed by atoms with Gasteiger partial charge in [0.05, 0.1) is 9.79 Å². The number of sulfonamides is 1. The maximum Gasteiger partial charge on any atom is 0.261 e. The first-order valence-corrected chi connectivity index (χ1v) is 11.3.